The lowest BCUT2D eigenvalue weighted by molar-refractivity contribution is 0.250. The van der Waals surface area contributed by atoms with Crippen LogP contribution < -0.4 is 10.5 Å². The molecule has 0 unspecified atom stereocenters. The summed E-state index contributed by atoms with van der Waals surface area (Å²) in [6.45, 7) is 8.85. The molecule has 1 fully saturated rings. The number of piperazine rings is 1. The monoisotopic (exact) mass is 363 g/mol. The van der Waals surface area contributed by atoms with Crippen molar-refractivity contribution < 1.29 is 0 Å². The first-order valence-electron chi connectivity index (χ1n) is 9.54. The van der Waals surface area contributed by atoms with Crippen molar-refractivity contribution >= 4 is 16.7 Å². The molecule has 27 heavy (non-hydrogen) atoms. The zero-order valence-corrected chi connectivity index (χ0v) is 15.9. The Morgan fingerprint density at radius 3 is 2.63 bits per heavy atom. The third-order valence-corrected chi connectivity index (χ3v) is 5.20. The molecule has 140 valence electrons. The Morgan fingerprint density at radius 1 is 1.11 bits per heavy atom. The molecule has 0 atom stereocenters. The number of nitrogens with one attached hydrogen (secondary N) is 1. The fourth-order valence-corrected chi connectivity index (χ4v) is 3.58. The van der Waals surface area contributed by atoms with Gasteiger partial charge in [-0.15, -0.1) is 0 Å². The van der Waals surface area contributed by atoms with Crippen molar-refractivity contribution in [2.45, 2.75) is 26.8 Å². The van der Waals surface area contributed by atoms with Gasteiger partial charge in [-0.3, -0.25) is 14.7 Å². The van der Waals surface area contributed by atoms with E-state index in [1.807, 2.05) is 26.1 Å². The summed E-state index contributed by atoms with van der Waals surface area (Å²) in [7, 11) is 0. The van der Waals surface area contributed by atoms with Gasteiger partial charge in [0, 0.05) is 38.4 Å². The lowest BCUT2D eigenvalue weighted by Crippen LogP contribution is -2.46. The van der Waals surface area contributed by atoms with E-state index in [-0.39, 0.29) is 5.56 Å². The van der Waals surface area contributed by atoms with Crippen molar-refractivity contribution in [1.29, 1.82) is 0 Å². The summed E-state index contributed by atoms with van der Waals surface area (Å²) in [5, 5.41) is 0. The first-order chi connectivity index (χ1) is 13.1. The smallest absolute Gasteiger partial charge is 0.270 e. The molecule has 0 saturated carbocycles. The molecule has 3 heterocycles. The number of hydrogen-bond acceptors (Lipinski definition) is 5. The molecule has 0 bridgehead atoms. The number of aryl methyl sites for hydroxylation is 2. The van der Waals surface area contributed by atoms with Crippen molar-refractivity contribution in [3.63, 3.8) is 0 Å². The first-order valence-corrected chi connectivity index (χ1v) is 9.54. The highest BCUT2D eigenvalue weighted by Gasteiger charge is 2.17. The van der Waals surface area contributed by atoms with E-state index < -0.39 is 0 Å². The number of fused-ring (bicyclic) bond motifs is 1. The van der Waals surface area contributed by atoms with E-state index in [4.69, 9.17) is 0 Å². The van der Waals surface area contributed by atoms with Gasteiger partial charge in [0.25, 0.3) is 5.56 Å². The molecule has 1 aliphatic heterocycles. The predicted octanol–water partition coefficient (Wildman–Crippen LogP) is 2.51. The number of benzene rings is 1. The zero-order valence-electron chi connectivity index (χ0n) is 15.9. The summed E-state index contributed by atoms with van der Waals surface area (Å²) in [6.07, 6.45) is 2.61. The maximum Gasteiger partial charge on any atom is 0.270 e. The number of anilines is 1. The predicted molar refractivity (Wildman–Crippen MR) is 108 cm³/mol. The molecule has 1 aromatic carbocycles. The summed E-state index contributed by atoms with van der Waals surface area (Å²) in [4.78, 5) is 28.7. The van der Waals surface area contributed by atoms with Crippen LogP contribution in [0.25, 0.3) is 11.0 Å². The van der Waals surface area contributed by atoms with Crippen LogP contribution in [0, 0.1) is 6.92 Å². The highest BCUT2D eigenvalue weighted by Crippen LogP contribution is 2.18. The van der Waals surface area contributed by atoms with E-state index in [9.17, 15) is 4.79 Å². The second-order valence-electron chi connectivity index (χ2n) is 7.14. The van der Waals surface area contributed by atoms with Crippen LogP contribution in [0.1, 0.15) is 23.9 Å². The number of aromatic nitrogens is 3. The van der Waals surface area contributed by atoms with Gasteiger partial charge >= 0.3 is 0 Å². The zero-order chi connectivity index (χ0) is 18.8. The molecule has 3 aromatic rings. The third-order valence-electron chi connectivity index (χ3n) is 5.20. The second kappa shape index (κ2) is 7.48. The van der Waals surface area contributed by atoms with Crippen LogP contribution in [0.2, 0.25) is 0 Å². The van der Waals surface area contributed by atoms with Crippen molar-refractivity contribution in [1.82, 2.24) is 19.9 Å². The molecule has 1 saturated heterocycles. The normalized spacial score (nSPS) is 15.4. The Kier molecular flexibility index (Phi) is 4.90. The van der Waals surface area contributed by atoms with Crippen LogP contribution in [0.5, 0.6) is 0 Å². The lowest BCUT2D eigenvalue weighted by Gasteiger charge is -2.36. The summed E-state index contributed by atoms with van der Waals surface area (Å²) < 4.78 is 0. The number of aromatic amines is 1. The van der Waals surface area contributed by atoms with Gasteiger partial charge in [-0.2, -0.15) is 0 Å². The molecule has 0 radical (unpaired) electrons. The maximum absolute atomic E-state index is 12.0. The van der Waals surface area contributed by atoms with Gasteiger partial charge < -0.3 is 9.88 Å². The number of rotatable bonds is 4. The van der Waals surface area contributed by atoms with Crippen molar-refractivity contribution in [3.8, 4) is 0 Å². The van der Waals surface area contributed by atoms with Crippen LogP contribution in [-0.2, 0) is 13.0 Å². The Morgan fingerprint density at radius 2 is 1.93 bits per heavy atom. The average Bonchev–Trinajstić information content (AvgIpc) is 2.69. The topological polar surface area (TPSA) is 65.1 Å². The number of hydrogen-bond donors (Lipinski definition) is 1. The standard InChI is InChI=1S/C21H25N5O/c1-3-18-21(27)24-20-12-16(5-7-19(20)23-18)14-25-8-10-26(11-9-25)17-6-4-15(2)22-13-17/h4-7,12-13H,3,8-11,14H2,1-2H3,(H,24,27). The minimum Gasteiger partial charge on any atom is -0.368 e. The number of pyridine rings is 1. The van der Waals surface area contributed by atoms with Gasteiger partial charge in [-0.05, 0) is 43.2 Å². The second-order valence-corrected chi connectivity index (χ2v) is 7.14. The van der Waals surface area contributed by atoms with Crippen LogP contribution in [0.3, 0.4) is 0 Å². The van der Waals surface area contributed by atoms with E-state index in [0.29, 0.717) is 12.1 Å². The Labute approximate surface area is 158 Å². The molecule has 4 rings (SSSR count). The first kappa shape index (κ1) is 17.7. The van der Waals surface area contributed by atoms with Gasteiger partial charge in [0.1, 0.15) is 5.69 Å². The number of nitrogens with zero attached hydrogens (tertiary/aromatic N) is 4. The summed E-state index contributed by atoms with van der Waals surface area (Å²) >= 11 is 0. The largest absolute Gasteiger partial charge is 0.368 e. The highest BCUT2D eigenvalue weighted by molar-refractivity contribution is 5.74. The van der Waals surface area contributed by atoms with Crippen LogP contribution in [0.4, 0.5) is 5.69 Å². The third kappa shape index (κ3) is 3.85. The molecule has 2 aromatic heterocycles. The highest BCUT2D eigenvalue weighted by atomic mass is 16.1. The molecular formula is C21H25N5O. The maximum atomic E-state index is 12.0. The van der Waals surface area contributed by atoms with Crippen molar-refractivity contribution in [3.05, 3.63) is 63.8 Å². The molecular weight excluding hydrogens is 338 g/mol. The van der Waals surface area contributed by atoms with E-state index in [1.54, 1.807) is 0 Å². The van der Waals surface area contributed by atoms with E-state index >= 15 is 0 Å². The molecule has 1 aliphatic rings. The summed E-state index contributed by atoms with van der Waals surface area (Å²) in [5.41, 5.74) is 5.63. The van der Waals surface area contributed by atoms with Gasteiger partial charge in [-0.25, -0.2) is 4.98 Å². The fourth-order valence-electron chi connectivity index (χ4n) is 3.58. The summed E-state index contributed by atoms with van der Waals surface area (Å²) in [6, 6.07) is 10.4. The Hall–Kier alpha value is -2.73. The lowest BCUT2D eigenvalue weighted by atomic mass is 10.1. The molecule has 0 amide bonds. The van der Waals surface area contributed by atoms with E-state index in [0.717, 1.165) is 49.5 Å². The number of H-pyrrole nitrogens is 1. The SMILES string of the molecule is CCc1nc2ccc(CN3CCN(c4ccc(C)nc4)CC3)cc2[nH]c1=O. The average molecular weight is 363 g/mol. The molecule has 0 aliphatic carbocycles. The summed E-state index contributed by atoms with van der Waals surface area (Å²) in [5.74, 6) is 0. The van der Waals surface area contributed by atoms with Crippen LogP contribution in [0.15, 0.2) is 41.3 Å². The fraction of sp³-hybridized carbons (Fsp3) is 0.381. The van der Waals surface area contributed by atoms with Crippen molar-refractivity contribution in [2.75, 3.05) is 31.1 Å². The van der Waals surface area contributed by atoms with Gasteiger partial charge in [-0.1, -0.05) is 13.0 Å². The Bertz CT molecular complexity index is 988. The molecule has 6 heteroatoms. The van der Waals surface area contributed by atoms with Gasteiger partial charge in [0.2, 0.25) is 0 Å². The van der Waals surface area contributed by atoms with E-state index in [1.165, 1.54) is 11.3 Å². The minimum absolute atomic E-state index is 0.0810. The van der Waals surface area contributed by atoms with E-state index in [2.05, 4.69) is 49.0 Å². The van der Waals surface area contributed by atoms with Gasteiger partial charge in [0.15, 0.2) is 0 Å². The quantitative estimate of drug-likeness (QED) is 0.772. The molecule has 0 spiro atoms. The molecule has 6 nitrogen and oxygen atoms in total. The Balaban J connectivity index is 1.42. The van der Waals surface area contributed by atoms with Crippen molar-refractivity contribution in [2.24, 2.45) is 0 Å². The minimum atomic E-state index is -0.0810. The van der Waals surface area contributed by atoms with Crippen LogP contribution >= 0.6 is 0 Å². The van der Waals surface area contributed by atoms with Crippen LogP contribution in [-0.4, -0.2) is 46.0 Å². The van der Waals surface area contributed by atoms with Gasteiger partial charge in [0.05, 0.1) is 22.9 Å². The molecule has 1 N–H and O–H groups in total.